The lowest BCUT2D eigenvalue weighted by molar-refractivity contribution is -0.141. The van der Waals surface area contributed by atoms with Gasteiger partial charge in [-0.2, -0.15) is 13.2 Å². The summed E-state index contributed by atoms with van der Waals surface area (Å²) in [5.41, 5.74) is 0.813. The van der Waals surface area contributed by atoms with Gasteiger partial charge in [0.05, 0.1) is 0 Å². The zero-order chi connectivity index (χ0) is 18.3. The van der Waals surface area contributed by atoms with Gasteiger partial charge in [0.1, 0.15) is 16.7 Å². The summed E-state index contributed by atoms with van der Waals surface area (Å²) in [7, 11) is 0. The van der Waals surface area contributed by atoms with Crippen LogP contribution in [0.5, 0.6) is 5.75 Å². The van der Waals surface area contributed by atoms with E-state index < -0.39 is 23.8 Å². The number of piperazine rings is 1. The number of alkyl halides is 3. The normalized spacial score (nSPS) is 19.9. The summed E-state index contributed by atoms with van der Waals surface area (Å²) in [4.78, 5) is 18.1. The Labute approximate surface area is 163 Å². The molecule has 0 radical (unpaired) electrons. The lowest BCUT2D eigenvalue weighted by Gasteiger charge is -2.31. The average Bonchev–Trinajstić information content (AvgIpc) is 3.12. The van der Waals surface area contributed by atoms with Crippen molar-refractivity contribution in [2.45, 2.75) is 18.5 Å². The highest BCUT2D eigenvalue weighted by Gasteiger charge is 2.37. The first-order valence-corrected chi connectivity index (χ1v) is 9.13. The van der Waals surface area contributed by atoms with Gasteiger partial charge < -0.3 is 15.0 Å². The Bertz CT molecular complexity index is 837. The third-order valence-electron chi connectivity index (χ3n) is 4.56. The molecule has 0 saturated carbocycles. The molecule has 1 fully saturated rings. The summed E-state index contributed by atoms with van der Waals surface area (Å²) in [6, 6.07) is 5.67. The van der Waals surface area contributed by atoms with E-state index in [2.05, 4.69) is 15.2 Å². The molecular weight excluding hydrogens is 403 g/mol. The molecule has 1 aromatic carbocycles. The molecular formula is C17H17ClF3N3O2S. The number of thiazole rings is 1. The van der Waals surface area contributed by atoms with Crippen molar-refractivity contribution in [3.8, 4) is 5.75 Å². The molecule has 0 bridgehead atoms. The number of anilines is 1. The second-order valence-electron chi connectivity index (χ2n) is 6.28. The quantitative estimate of drug-likeness (QED) is 0.598. The molecule has 10 heteroatoms. The SMILES string of the molecule is Cl.O=C1Oc2cc(N3CCNCC3)ccc2CC1c1nc(C(F)(F)F)cs1. The number of hydrogen-bond donors (Lipinski definition) is 1. The largest absolute Gasteiger partial charge is 0.434 e. The number of nitrogens with zero attached hydrogens (tertiary/aromatic N) is 2. The maximum Gasteiger partial charge on any atom is 0.434 e. The highest BCUT2D eigenvalue weighted by atomic mass is 35.5. The van der Waals surface area contributed by atoms with Gasteiger partial charge in [-0.15, -0.1) is 23.7 Å². The number of carbonyl (C=O) groups excluding carboxylic acids is 1. The monoisotopic (exact) mass is 419 g/mol. The average molecular weight is 420 g/mol. The molecule has 1 aromatic heterocycles. The van der Waals surface area contributed by atoms with Crippen LogP contribution in [0.3, 0.4) is 0 Å². The Balaban J connectivity index is 0.00000210. The summed E-state index contributed by atoms with van der Waals surface area (Å²) in [6.07, 6.45) is -4.22. The molecule has 27 heavy (non-hydrogen) atoms. The van der Waals surface area contributed by atoms with Crippen molar-refractivity contribution in [2.24, 2.45) is 0 Å². The Hall–Kier alpha value is -1.84. The van der Waals surface area contributed by atoms with Gasteiger partial charge in [0, 0.05) is 43.3 Å². The topological polar surface area (TPSA) is 54.5 Å². The predicted molar refractivity (Wildman–Crippen MR) is 98.0 cm³/mol. The number of halogens is 4. The third kappa shape index (κ3) is 4.04. The maximum absolute atomic E-state index is 12.7. The molecule has 0 amide bonds. The van der Waals surface area contributed by atoms with E-state index in [1.54, 1.807) is 0 Å². The molecule has 2 aromatic rings. The van der Waals surface area contributed by atoms with Gasteiger partial charge in [0.2, 0.25) is 0 Å². The van der Waals surface area contributed by atoms with Gasteiger partial charge in [0.25, 0.3) is 0 Å². The number of esters is 1. The van der Waals surface area contributed by atoms with E-state index >= 15 is 0 Å². The van der Waals surface area contributed by atoms with Crippen LogP contribution in [0.2, 0.25) is 0 Å². The van der Waals surface area contributed by atoms with Crippen LogP contribution in [0.25, 0.3) is 0 Å². The number of benzene rings is 1. The molecule has 1 saturated heterocycles. The van der Waals surface area contributed by atoms with Crippen LogP contribution in [0.1, 0.15) is 22.2 Å². The summed E-state index contributed by atoms with van der Waals surface area (Å²) in [6.45, 7) is 3.53. The van der Waals surface area contributed by atoms with Gasteiger partial charge in [-0.1, -0.05) is 6.07 Å². The minimum absolute atomic E-state index is 0. The molecule has 0 spiro atoms. The lowest BCUT2D eigenvalue weighted by atomic mass is 9.96. The fourth-order valence-electron chi connectivity index (χ4n) is 3.18. The number of rotatable bonds is 2. The van der Waals surface area contributed by atoms with Crippen LogP contribution in [0.15, 0.2) is 23.6 Å². The van der Waals surface area contributed by atoms with Crippen molar-refractivity contribution in [1.29, 1.82) is 0 Å². The molecule has 1 unspecified atom stereocenters. The molecule has 2 aliphatic rings. The smallest absolute Gasteiger partial charge is 0.426 e. The van der Waals surface area contributed by atoms with Crippen molar-refractivity contribution in [3.05, 3.63) is 39.8 Å². The van der Waals surface area contributed by atoms with E-state index in [-0.39, 0.29) is 17.4 Å². The van der Waals surface area contributed by atoms with Crippen molar-refractivity contribution in [3.63, 3.8) is 0 Å². The van der Waals surface area contributed by atoms with Gasteiger partial charge in [0.15, 0.2) is 5.69 Å². The zero-order valence-electron chi connectivity index (χ0n) is 14.1. The molecule has 2 aliphatic heterocycles. The fourth-order valence-corrected chi connectivity index (χ4v) is 4.09. The summed E-state index contributed by atoms with van der Waals surface area (Å²) in [5.74, 6) is -0.874. The first-order chi connectivity index (χ1) is 12.4. The second kappa shape index (κ2) is 7.65. The molecule has 1 atom stereocenters. The van der Waals surface area contributed by atoms with Crippen molar-refractivity contribution < 1.29 is 22.7 Å². The standard InChI is InChI=1S/C17H16F3N3O2S.ClH/c18-17(19,20)14-9-26-15(22-14)12-7-10-1-2-11(8-13(10)25-16(12)24)23-5-3-21-4-6-23;/h1-2,8-9,12,21H,3-7H2;1H. The van der Waals surface area contributed by atoms with Crippen LogP contribution in [0, 0.1) is 0 Å². The van der Waals surface area contributed by atoms with E-state index in [0.29, 0.717) is 12.2 Å². The number of aromatic nitrogens is 1. The molecule has 0 aliphatic carbocycles. The van der Waals surface area contributed by atoms with E-state index in [9.17, 15) is 18.0 Å². The molecule has 146 valence electrons. The van der Waals surface area contributed by atoms with Gasteiger partial charge >= 0.3 is 12.1 Å². The first-order valence-electron chi connectivity index (χ1n) is 8.25. The molecule has 5 nitrogen and oxygen atoms in total. The molecule has 3 heterocycles. The second-order valence-corrected chi connectivity index (χ2v) is 7.17. The van der Waals surface area contributed by atoms with Crippen LogP contribution in [0.4, 0.5) is 18.9 Å². The zero-order valence-corrected chi connectivity index (χ0v) is 15.7. The van der Waals surface area contributed by atoms with E-state index in [4.69, 9.17) is 4.74 Å². The Kier molecular flexibility index (Phi) is 5.64. The van der Waals surface area contributed by atoms with E-state index in [1.165, 1.54) is 0 Å². The molecule has 4 rings (SSSR count). The van der Waals surface area contributed by atoms with Crippen molar-refractivity contribution in [2.75, 3.05) is 31.1 Å². The number of ether oxygens (including phenoxy) is 1. The number of carbonyl (C=O) groups is 1. The molecule has 1 N–H and O–H groups in total. The summed E-state index contributed by atoms with van der Waals surface area (Å²) in [5, 5.41) is 4.35. The van der Waals surface area contributed by atoms with Gasteiger partial charge in [-0.05, 0) is 18.1 Å². The first kappa shape index (κ1) is 19.9. The highest BCUT2D eigenvalue weighted by Crippen LogP contribution is 2.38. The minimum Gasteiger partial charge on any atom is -0.426 e. The summed E-state index contributed by atoms with van der Waals surface area (Å²) < 4.78 is 43.7. The Morgan fingerprint density at radius 1 is 1.26 bits per heavy atom. The predicted octanol–water partition coefficient (Wildman–Crippen LogP) is 3.24. The van der Waals surface area contributed by atoms with Crippen molar-refractivity contribution >= 4 is 35.4 Å². The van der Waals surface area contributed by atoms with Crippen LogP contribution >= 0.6 is 23.7 Å². The van der Waals surface area contributed by atoms with Crippen LogP contribution < -0.4 is 15.0 Å². The van der Waals surface area contributed by atoms with Crippen LogP contribution in [-0.4, -0.2) is 37.1 Å². The van der Waals surface area contributed by atoms with Crippen LogP contribution in [-0.2, 0) is 17.4 Å². The fraction of sp³-hybridized carbons (Fsp3) is 0.412. The highest BCUT2D eigenvalue weighted by molar-refractivity contribution is 7.09. The number of fused-ring (bicyclic) bond motifs is 1. The van der Waals surface area contributed by atoms with E-state index in [1.807, 2.05) is 18.2 Å². The number of hydrogen-bond acceptors (Lipinski definition) is 6. The Morgan fingerprint density at radius 3 is 2.67 bits per heavy atom. The van der Waals surface area contributed by atoms with Gasteiger partial charge in [-0.3, -0.25) is 4.79 Å². The van der Waals surface area contributed by atoms with Crippen molar-refractivity contribution in [1.82, 2.24) is 10.3 Å². The minimum atomic E-state index is -4.51. The maximum atomic E-state index is 12.7. The summed E-state index contributed by atoms with van der Waals surface area (Å²) >= 11 is 0.840. The van der Waals surface area contributed by atoms with E-state index in [0.717, 1.165) is 54.1 Å². The number of nitrogens with one attached hydrogen (secondary N) is 1. The van der Waals surface area contributed by atoms with Gasteiger partial charge in [-0.25, -0.2) is 4.98 Å². The Morgan fingerprint density at radius 2 is 2.00 bits per heavy atom. The lowest BCUT2D eigenvalue weighted by Crippen LogP contribution is -2.43. The third-order valence-corrected chi connectivity index (χ3v) is 5.52.